The molecule has 0 heterocycles. The maximum absolute atomic E-state index is 11.9. The fourth-order valence-electron chi connectivity index (χ4n) is 2.18. The van der Waals surface area contributed by atoms with Crippen LogP contribution in [0.15, 0.2) is 30.3 Å². The molecule has 0 saturated heterocycles. The summed E-state index contributed by atoms with van der Waals surface area (Å²) in [6.07, 6.45) is -3.75. The molecule has 5 nitrogen and oxygen atoms in total. The van der Waals surface area contributed by atoms with E-state index in [0.717, 1.165) is 26.2 Å². The van der Waals surface area contributed by atoms with Gasteiger partial charge in [0.15, 0.2) is 0 Å². The van der Waals surface area contributed by atoms with Crippen LogP contribution in [0.1, 0.15) is 20.3 Å². The molecule has 0 spiro atoms. The van der Waals surface area contributed by atoms with Gasteiger partial charge in [-0.05, 0) is 25.5 Å². The summed E-state index contributed by atoms with van der Waals surface area (Å²) in [7, 11) is 0. The summed E-state index contributed by atoms with van der Waals surface area (Å²) in [6, 6.07) is 10.2. The van der Waals surface area contributed by atoms with E-state index in [9.17, 15) is 13.2 Å². The molecule has 0 aliphatic heterocycles. The Hall–Kier alpha value is -1.35. The standard InChI is InChI=1S/C17H28F3N3O2/c1-3-22(16-9-6-5-7-10-16)11-12-23(4-2)25-14-8-13-24-21-15-17(18,19)20/h5-7,9-10,21H,3-4,8,11-15H2,1-2H3. The number of alkyl halides is 3. The zero-order chi connectivity index (χ0) is 18.5. The Balaban J connectivity index is 2.17. The first-order valence-corrected chi connectivity index (χ1v) is 8.55. The maximum Gasteiger partial charge on any atom is 0.403 e. The quantitative estimate of drug-likeness (QED) is 0.430. The van der Waals surface area contributed by atoms with E-state index in [4.69, 9.17) is 9.68 Å². The van der Waals surface area contributed by atoms with Crippen molar-refractivity contribution in [2.24, 2.45) is 0 Å². The van der Waals surface area contributed by atoms with E-state index in [-0.39, 0.29) is 6.61 Å². The molecule has 144 valence electrons. The predicted octanol–water partition coefficient (Wildman–Crippen LogP) is 3.24. The van der Waals surface area contributed by atoms with Crippen LogP contribution in [-0.2, 0) is 9.68 Å². The average Bonchev–Trinajstić information content (AvgIpc) is 2.59. The van der Waals surface area contributed by atoms with E-state index in [1.165, 1.54) is 5.69 Å². The summed E-state index contributed by atoms with van der Waals surface area (Å²) in [5.41, 5.74) is 3.06. The van der Waals surface area contributed by atoms with Crippen LogP contribution in [-0.4, -0.2) is 57.2 Å². The largest absolute Gasteiger partial charge is 0.403 e. The molecule has 0 unspecified atom stereocenters. The monoisotopic (exact) mass is 363 g/mol. The molecule has 0 aliphatic rings. The third kappa shape index (κ3) is 10.3. The zero-order valence-corrected chi connectivity index (χ0v) is 14.9. The Morgan fingerprint density at radius 2 is 1.72 bits per heavy atom. The van der Waals surface area contributed by atoms with Gasteiger partial charge in [-0.25, -0.2) is 0 Å². The highest BCUT2D eigenvalue weighted by Crippen LogP contribution is 2.13. The number of para-hydroxylation sites is 1. The van der Waals surface area contributed by atoms with Gasteiger partial charge in [0.25, 0.3) is 0 Å². The van der Waals surface area contributed by atoms with Crippen LogP contribution in [0, 0.1) is 0 Å². The van der Waals surface area contributed by atoms with E-state index in [1.807, 2.05) is 35.7 Å². The topological polar surface area (TPSA) is 37.0 Å². The van der Waals surface area contributed by atoms with Gasteiger partial charge < -0.3 is 9.74 Å². The van der Waals surface area contributed by atoms with Gasteiger partial charge in [0.2, 0.25) is 0 Å². The van der Waals surface area contributed by atoms with Crippen LogP contribution in [0.5, 0.6) is 0 Å². The molecule has 1 rings (SSSR count). The number of anilines is 1. The van der Waals surface area contributed by atoms with Crippen LogP contribution in [0.3, 0.4) is 0 Å². The molecule has 0 saturated carbocycles. The molecule has 0 radical (unpaired) electrons. The number of benzene rings is 1. The molecule has 25 heavy (non-hydrogen) atoms. The van der Waals surface area contributed by atoms with E-state index < -0.39 is 12.7 Å². The van der Waals surface area contributed by atoms with Crippen LogP contribution in [0.2, 0.25) is 0 Å². The molecule has 8 heteroatoms. The van der Waals surface area contributed by atoms with Gasteiger partial charge in [-0.1, -0.05) is 25.1 Å². The number of likely N-dealkylation sites (N-methyl/N-ethyl adjacent to an activating group) is 2. The van der Waals surface area contributed by atoms with Gasteiger partial charge in [-0.2, -0.15) is 23.7 Å². The van der Waals surface area contributed by atoms with Crippen LogP contribution < -0.4 is 10.4 Å². The normalized spacial score (nSPS) is 11.9. The van der Waals surface area contributed by atoms with Crippen molar-refractivity contribution in [3.8, 4) is 0 Å². The second kappa shape index (κ2) is 12.1. The minimum Gasteiger partial charge on any atom is -0.370 e. The van der Waals surface area contributed by atoms with Crippen molar-refractivity contribution < 1.29 is 22.8 Å². The minimum atomic E-state index is -4.26. The van der Waals surface area contributed by atoms with Gasteiger partial charge in [0.05, 0.1) is 13.2 Å². The molecule has 1 N–H and O–H groups in total. The number of nitrogens with zero attached hydrogens (tertiary/aromatic N) is 2. The van der Waals surface area contributed by atoms with E-state index in [0.29, 0.717) is 13.0 Å². The van der Waals surface area contributed by atoms with Crippen molar-refractivity contribution in [1.82, 2.24) is 10.5 Å². The Kier molecular flexibility index (Phi) is 10.5. The Morgan fingerprint density at radius 3 is 2.32 bits per heavy atom. The van der Waals surface area contributed by atoms with E-state index in [2.05, 4.69) is 24.0 Å². The molecule has 0 amide bonds. The van der Waals surface area contributed by atoms with Crippen molar-refractivity contribution >= 4 is 5.69 Å². The fourth-order valence-corrected chi connectivity index (χ4v) is 2.18. The number of hydrogen-bond acceptors (Lipinski definition) is 5. The third-order valence-corrected chi connectivity index (χ3v) is 3.51. The Bertz CT molecular complexity index is 447. The summed E-state index contributed by atoms with van der Waals surface area (Å²) in [4.78, 5) is 12.6. The SMILES string of the molecule is CCN(CCN(CC)c1ccccc1)OCCCONCC(F)(F)F. The smallest absolute Gasteiger partial charge is 0.370 e. The first-order valence-electron chi connectivity index (χ1n) is 8.55. The van der Waals surface area contributed by atoms with Crippen molar-refractivity contribution in [1.29, 1.82) is 0 Å². The zero-order valence-electron chi connectivity index (χ0n) is 14.9. The van der Waals surface area contributed by atoms with Crippen molar-refractivity contribution in [3.63, 3.8) is 0 Å². The second-order valence-corrected chi connectivity index (χ2v) is 5.41. The summed E-state index contributed by atoms with van der Waals surface area (Å²) in [5.74, 6) is 0. The second-order valence-electron chi connectivity index (χ2n) is 5.41. The highest BCUT2D eigenvalue weighted by Gasteiger charge is 2.26. The van der Waals surface area contributed by atoms with Crippen molar-refractivity contribution in [3.05, 3.63) is 30.3 Å². The molecule has 1 aromatic rings. The first-order chi connectivity index (χ1) is 12.0. The lowest BCUT2D eigenvalue weighted by molar-refractivity contribution is -0.164. The van der Waals surface area contributed by atoms with Crippen LogP contribution >= 0.6 is 0 Å². The number of hydroxylamine groups is 3. The molecule has 0 aromatic heterocycles. The number of nitrogens with one attached hydrogen (secondary N) is 1. The summed E-state index contributed by atoms with van der Waals surface area (Å²) >= 11 is 0. The minimum absolute atomic E-state index is 0.165. The van der Waals surface area contributed by atoms with E-state index >= 15 is 0 Å². The lowest BCUT2D eigenvalue weighted by atomic mass is 10.3. The van der Waals surface area contributed by atoms with Gasteiger partial charge in [0, 0.05) is 31.9 Å². The van der Waals surface area contributed by atoms with Gasteiger partial charge in [-0.15, -0.1) is 0 Å². The Labute approximate surface area is 147 Å². The third-order valence-electron chi connectivity index (χ3n) is 3.51. The summed E-state index contributed by atoms with van der Waals surface area (Å²) < 4.78 is 35.7. The lowest BCUT2D eigenvalue weighted by Gasteiger charge is -2.27. The van der Waals surface area contributed by atoms with Crippen LogP contribution in [0.4, 0.5) is 18.9 Å². The molecule has 0 fully saturated rings. The molecule has 0 atom stereocenters. The summed E-state index contributed by atoms with van der Waals surface area (Å²) in [6.45, 7) is 6.73. The highest BCUT2D eigenvalue weighted by atomic mass is 19.4. The highest BCUT2D eigenvalue weighted by molar-refractivity contribution is 5.45. The van der Waals surface area contributed by atoms with Gasteiger partial charge >= 0.3 is 6.18 Å². The molecule has 0 bridgehead atoms. The molecular formula is C17H28F3N3O2. The average molecular weight is 363 g/mol. The van der Waals surface area contributed by atoms with Crippen molar-refractivity contribution in [2.45, 2.75) is 26.4 Å². The molecule has 0 aliphatic carbocycles. The summed E-state index contributed by atoms with van der Waals surface area (Å²) in [5, 5.41) is 1.86. The maximum atomic E-state index is 11.9. The van der Waals surface area contributed by atoms with Gasteiger partial charge in [0.1, 0.15) is 6.54 Å². The van der Waals surface area contributed by atoms with Crippen LogP contribution in [0.25, 0.3) is 0 Å². The van der Waals surface area contributed by atoms with Crippen molar-refractivity contribution in [2.75, 3.05) is 50.8 Å². The lowest BCUT2D eigenvalue weighted by Crippen LogP contribution is -2.35. The number of hydrogen-bond donors (Lipinski definition) is 1. The first kappa shape index (κ1) is 21.7. The predicted molar refractivity (Wildman–Crippen MR) is 92.2 cm³/mol. The molecule has 1 aromatic carbocycles. The fraction of sp³-hybridized carbons (Fsp3) is 0.647. The van der Waals surface area contributed by atoms with Gasteiger partial charge in [-0.3, -0.25) is 4.84 Å². The Morgan fingerprint density at radius 1 is 1.00 bits per heavy atom. The number of rotatable bonds is 13. The van der Waals surface area contributed by atoms with E-state index in [1.54, 1.807) is 0 Å². The number of halogens is 3. The molecular weight excluding hydrogens is 335 g/mol.